The lowest BCUT2D eigenvalue weighted by molar-refractivity contribution is 0.484. The molecule has 136 valence electrons. The molecule has 26 heavy (non-hydrogen) atoms. The van der Waals surface area contributed by atoms with Crippen LogP contribution >= 0.6 is 24.0 Å². The molecule has 2 aromatic rings. The molecular weight excluding hydrogens is 442 g/mol. The zero-order chi connectivity index (χ0) is 17.6. The highest BCUT2D eigenvalue weighted by molar-refractivity contribution is 14.0. The van der Waals surface area contributed by atoms with E-state index < -0.39 is 0 Å². The fourth-order valence-electron chi connectivity index (χ4n) is 3.24. The molecule has 1 heterocycles. The van der Waals surface area contributed by atoms with Gasteiger partial charge in [0.25, 0.3) is 0 Å². The van der Waals surface area contributed by atoms with Crippen LogP contribution < -0.4 is 5.32 Å². The summed E-state index contributed by atoms with van der Waals surface area (Å²) in [6, 6.07) is 16.9. The first-order valence-corrected chi connectivity index (χ1v) is 8.40. The second-order valence-electron chi connectivity index (χ2n) is 6.16. The molecule has 0 saturated carbocycles. The number of nitrogens with one attached hydrogen (secondary N) is 1. The summed E-state index contributed by atoms with van der Waals surface area (Å²) in [7, 11) is 1.74. The molecule has 1 atom stereocenters. The van der Waals surface area contributed by atoms with E-state index in [1.165, 1.54) is 17.7 Å². The van der Waals surface area contributed by atoms with E-state index in [2.05, 4.69) is 39.5 Å². The molecule has 4 nitrogen and oxygen atoms in total. The van der Waals surface area contributed by atoms with E-state index in [9.17, 15) is 4.39 Å². The minimum atomic E-state index is -0.314. The highest BCUT2D eigenvalue weighted by Crippen LogP contribution is 2.26. The van der Waals surface area contributed by atoms with Crippen molar-refractivity contribution in [1.29, 1.82) is 5.26 Å². The Labute approximate surface area is 170 Å². The van der Waals surface area contributed by atoms with Gasteiger partial charge in [0.05, 0.1) is 11.6 Å². The number of aliphatic imine (C=N–C) groups is 1. The molecule has 0 spiro atoms. The van der Waals surface area contributed by atoms with E-state index >= 15 is 0 Å². The quantitative estimate of drug-likeness (QED) is 0.426. The maximum atomic E-state index is 13.9. The van der Waals surface area contributed by atoms with E-state index in [0.29, 0.717) is 23.6 Å². The largest absolute Gasteiger partial charge is 0.352 e. The maximum Gasteiger partial charge on any atom is 0.193 e. The molecule has 3 rings (SSSR count). The van der Waals surface area contributed by atoms with Gasteiger partial charge in [0.15, 0.2) is 5.96 Å². The lowest BCUT2D eigenvalue weighted by Crippen LogP contribution is -2.39. The normalized spacial score (nSPS) is 16.7. The average Bonchev–Trinajstić information content (AvgIpc) is 3.14. The van der Waals surface area contributed by atoms with E-state index in [-0.39, 0.29) is 29.8 Å². The SMILES string of the molecule is CN=C(NCc1cc(C#N)ccc1F)N1CCC(c2ccccc2)C1.I. The maximum absolute atomic E-state index is 13.9. The first kappa shape index (κ1) is 20.2. The summed E-state index contributed by atoms with van der Waals surface area (Å²) in [5.74, 6) is 0.934. The van der Waals surface area contributed by atoms with Gasteiger partial charge in [-0.1, -0.05) is 30.3 Å². The molecular formula is C20H22FIN4. The Kier molecular flexibility index (Phi) is 7.39. The van der Waals surface area contributed by atoms with Crippen LogP contribution in [0.2, 0.25) is 0 Å². The number of guanidine groups is 1. The van der Waals surface area contributed by atoms with Gasteiger partial charge in [0.1, 0.15) is 5.82 Å². The highest BCUT2D eigenvalue weighted by Gasteiger charge is 2.25. The van der Waals surface area contributed by atoms with Crippen molar-refractivity contribution in [3.05, 3.63) is 71.0 Å². The third kappa shape index (κ3) is 4.73. The van der Waals surface area contributed by atoms with Crippen molar-refractivity contribution in [2.45, 2.75) is 18.9 Å². The van der Waals surface area contributed by atoms with Crippen LogP contribution in [0.3, 0.4) is 0 Å². The zero-order valence-electron chi connectivity index (χ0n) is 14.7. The predicted molar refractivity (Wildman–Crippen MR) is 112 cm³/mol. The van der Waals surface area contributed by atoms with Crippen molar-refractivity contribution in [2.75, 3.05) is 20.1 Å². The molecule has 0 bridgehead atoms. The molecule has 0 aromatic heterocycles. The summed E-state index contributed by atoms with van der Waals surface area (Å²) in [6.45, 7) is 2.12. The van der Waals surface area contributed by atoms with E-state index in [1.807, 2.05) is 12.1 Å². The van der Waals surface area contributed by atoms with Crippen molar-refractivity contribution in [2.24, 2.45) is 4.99 Å². The van der Waals surface area contributed by atoms with Gasteiger partial charge >= 0.3 is 0 Å². The van der Waals surface area contributed by atoms with Crippen LogP contribution in [0, 0.1) is 17.1 Å². The van der Waals surface area contributed by atoms with Gasteiger partial charge in [0, 0.05) is 38.2 Å². The molecule has 1 aliphatic heterocycles. The molecule has 2 aromatic carbocycles. The van der Waals surface area contributed by atoms with E-state index in [1.54, 1.807) is 13.1 Å². The monoisotopic (exact) mass is 464 g/mol. The Balaban J connectivity index is 0.00000243. The Morgan fingerprint density at radius 3 is 2.77 bits per heavy atom. The van der Waals surface area contributed by atoms with Crippen molar-refractivity contribution >= 4 is 29.9 Å². The minimum Gasteiger partial charge on any atom is -0.352 e. The number of likely N-dealkylation sites (tertiary alicyclic amines) is 1. The third-order valence-corrected chi connectivity index (χ3v) is 4.58. The molecule has 1 aliphatic rings. The fraction of sp³-hybridized carbons (Fsp3) is 0.300. The van der Waals surface area contributed by atoms with Crippen LogP contribution in [0.1, 0.15) is 29.0 Å². The van der Waals surface area contributed by atoms with Crippen LogP contribution in [0.4, 0.5) is 4.39 Å². The van der Waals surface area contributed by atoms with Crippen molar-refractivity contribution in [1.82, 2.24) is 10.2 Å². The van der Waals surface area contributed by atoms with Crippen LogP contribution in [-0.4, -0.2) is 31.0 Å². The van der Waals surface area contributed by atoms with Gasteiger partial charge in [-0.05, 0) is 30.2 Å². The molecule has 1 N–H and O–H groups in total. The van der Waals surface area contributed by atoms with Crippen LogP contribution in [-0.2, 0) is 6.54 Å². The Morgan fingerprint density at radius 1 is 1.31 bits per heavy atom. The second kappa shape index (κ2) is 9.53. The summed E-state index contributed by atoms with van der Waals surface area (Å²) in [5, 5.41) is 12.2. The smallest absolute Gasteiger partial charge is 0.193 e. The highest BCUT2D eigenvalue weighted by atomic mass is 127. The summed E-state index contributed by atoms with van der Waals surface area (Å²) < 4.78 is 13.9. The van der Waals surface area contributed by atoms with Gasteiger partial charge in [-0.15, -0.1) is 24.0 Å². The zero-order valence-corrected chi connectivity index (χ0v) is 17.0. The fourth-order valence-corrected chi connectivity index (χ4v) is 3.24. The van der Waals surface area contributed by atoms with Gasteiger partial charge in [0.2, 0.25) is 0 Å². The Hall–Kier alpha value is -2.14. The number of hydrogen-bond acceptors (Lipinski definition) is 2. The number of benzene rings is 2. The lowest BCUT2D eigenvalue weighted by Gasteiger charge is -2.22. The number of hydrogen-bond donors (Lipinski definition) is 1. The summed E-state index contributed by atoms with van der Waals surface area (Å²) in [5.41, 5.74) is 2.27. The first-order chi connectivity index (χ1) is 12.2. The second-order valence-corrected chi connectivity index (χ2v) is 6.16. The molecule has 1 saturated heterocycles. The number of nitriles is 1. The van der Waals surface area contributed by atoms with Gasteiger partial charge in [-0.25, -0.2) is 4.39 Å². The van der Waals surface area contributed by atoms with E-state index in [0.717, 1.165) is 25.5 Å². The average molecular weight is 464 g/mol. The third-order valence-electron chi connectivity index (χ3n) is 4.58. The number of nitrogens with zero attached hydrogens (tertiary/aromatic N) is 3. The molecule has 1 unspecified atom stereocenters. The Bertz CT molecular complexity index is 801. The summed E-state index contributed by atoms with van der Waals surface area (Å²) in [4.78, 5) is 6.53. The van der Waals surface area contributed by atoms with Gasteiger partial charge in [-0.2, -0.15) is 5.26 Å². The summed E-state index contributed by atoms with van der Waals surface area (Å²) >= 11 is 0. The van der Waals surface area contributed by atoms with Crippen molar-refractivity contribution in [3.8, 4) is 6.07 Å². The lowest BCUT2D eigenvalue weighted by atomic mass is 9.99. The van der Waals surface area contributed by atoms with Crippen molar-refractivity contribution in [3.63, 3.8) is 0 Å². The topological polar surface area (TPSA) is 51.4 Å². The van der Waals surface area contributed by atoms with Crippen molar-refractivity contribution < 1.29 is 4.39 Å². The minimum absolute atomic E-state index is 0. The van der Waals surface area contributed by atoms with Crippen LogP contribution in [0.5, 0.6) is 0 Å². The van der Waals surface area contributed by atoms with Gasteiger partial charge < -0.3 is 10.2 Å². The molecule has 0 amide bonds. The predicted octanol–water partition coefficient (Wildman–Crippen LogP) is 3.88. The molecule has 0 aliphatic carbocycles. The van der Waals surface area contributed by atoms with Crippen LogP contribution in [0.25, 0.3) is 0 Å². The van der Waals surface area contributed by atoms with Gasteiger partial charge in [-0.3, -0.25) is 4.99 Å². The Morgan fingerprint density at radius 2 is 2.08 bits per heavy atom. The number of halogens is 2. The van der Waals surface area contributed by atoms with E-state index in [4.69, 9.17) is 5.26 Å². The molecule has 0 radical (unpaired) electrons. The summed E-state index contributed by atoms with van der Waals surface area (Å²) in [6.07, 6.45) is 1.07. The van der Waals surface area contributed by atoms with Crippen LogP contribution in [0.15, 0.2) is 53.5 Å². The number of rotatable bonds is 3. The molecule has 6 heteroatoms. The standard InChI is InChI=1S/C20H21FN4.HI/c1-23-20(24-13-18-11-15(12-22)7-8-19(18)21)25-10-9-17(14-25)16-5-3-2-4-6-16;/h2-8,11,17H,9-10,13-14H2,1H3,(H,23,24);1H. The first-order valence-electron chi connectivity index (χ1n) is 8.40. The molecule has 1 fully saturated rings.